The van der Waals surface area contributed by atoms with E-state index in [0.717, 1.165) is 26.0 Å². The number of hydrogen-bond acceptors (Lipinski definition) is 3. The second kappa shape index (κ2) is 7.85. The zero-order valence-electron chi connectivity index (χ0n) is 12.9. The number of rotatable bonds is 7. The van der Waals surface area contributed by atoms with E-state index in [1.165, 1.54) is 12.8 Å². The minimum atomic E-state index is -0.00285. The molecule has 1 aliphatic rings. The van der Waals surface area contributed by atoms with Gasteiger partial charge >= 0.3 is 0 Å². The van der Waals surface area contributed by atoms with Crippen LogP contribution >= 0.6 is 0 Å². The second-order valence-electron chi connectivity index (χ2n) is 6.43. The van der Waals surface area contributed by atoms with Crippen molar-refractivity contribution < 1.29 is 9.53 Å². The number of piperidine rings is 1. The molecule has 1 heterocycles. The first-order valence-corrected chi connectivity index (χ1v) is 7.48. The van der Waals surface area contributed by atoms with E-state index in [-0.39, 0.29) is 17.4 Å². The minimum absolute atomic E-state index is 0.00285. The lowest BCUT2D eigenvalue weighted by Gasteiger charge is -2.30. The number of nitrogens with one attached hydrogen (secondary N) is 2. The summed E-state index contributed by atoms with van der Waals surface area (Å²) in [6.45, 7) is 8.94. The summed E-state index contributed by atoms with van der Waals surface area (Å²) in [7, 11) is 1.71. The summed E-state index contributed by atoms with van der Waals surface area (Å²) in [5, 5.41) is 6.42. The van der Waals surface area contributed by atoms with Crippen LogP contribution in [-0.2, 0) is 9.53 Å². The van der Waals surface area contributed by atoms with Crippen molar-refractivity contribution in [1.29, 1.82) is 0 Å². The first-order chi connectivity index (χ1) is 8.98. The summed E-state index contributed by atoms with van der Waals surface area (Å²) in [6.07, 6.45) is 4.30. The molecule has 0 aromatic heterocycles. The molecular formula is C15H30N2O2. The zero-order chi connectivity index (χ0) is 14.3. The van der Waals surface area contributed by atoms with Crippen LogP contribution < -0.4 is 10.6 Å². The molecule has 0 aromatic rings. The highest BCUT2D eigenvalue weighted by atomic mass is 16.5. The molecule has 112 valence electrons. The Labute approximate surface area is 117 Å². The van der Waals surface area contributed by atoms with Crippen LogP contribution in [0.2, 0.25) is 0 Å². The molecule has 1 rings (SSSR count). The molecule has 4 heteroatoms. The van der Waals surface area contributed by atoms with Crippen molar-refractivity contribution in [1.82, 2.24) is 10.6 Å². The monoisotopic (exact) mass is 270 g/mol. The number of methoxy groups -OCH3 is 1. The summed E-state index contributed by atoms with van der Waals surface area (Å²) in [5.41, 5.74) is 0.0878. The number of amides is 1. The van der Waals surface area contributed by atoms with Gasteiger partial charge in [-0.1, -0.05) is 27.2 Å². The standard InChI is InChI=1S/C15H30N2O2/c1-5-12-6-8-16-13(10-12)14(18)17-11-15(2,3)7-9-19-4/h12-13,16H,5-11H2,1-4H3,(H,17,18). The van der Waals surface area contributed by atoms with E-state index in [1.807, 2.05) is 0 Å². The first kappa shape index (κ1) is 16.4. The average molecular weight is 270 g/mol. The highest BCUT2D eigenvalue weighted by Gasteiger charge is 2.27. The van der Waals surface area contributed by atoms with Gasteiger partial charge in [0.15, 0.2) is 0 Å². The Morgan fingerprint density at radius 2 is 2.21 bits per heavy atom. The van der Waals surface area contributed by atoms with Crippen LogP contribution in [0.1, 0.15) is 46.5 Å². The Morgan fingerprint density at radius 3 is 2.84 bits per heavy atom. The van der Waals surface area contributed by atoms with Crippen molar-refractivity contribution in [3.63, 3.8) is 0 Å². The van der Waals surface area contributed by atoms with Crippen LogP contribution in [0.25, 0.3) is 0 Å². The molecule has 1 aliphatic heterocycles. The van der Waals surface area contributed by atoms with Crippen molar-refractivity contribution in [3.05, 3.63) is 0 Å². The normalized spacial score (nSPS) is 24.2. The van der Waals surface area contributed by atoms with E-state index in [4.69, 9.17) is 4.74 Å². The van der Waals surface area contributed by atoms with Gasteiger partial charge in [-0.3, -0.25) is 4.79 Å². The third kappa shape index (κ3) is 5.91. The fourth-order valence-electron chi connectivity index (χ4n) is 2.48. The molecule has 4 nitrogen and oxygen atoms in total. The average Bonchev–Trinajstić information content (AvgIpc) is 2.43. The Bertz CT molecular complexity index is 279. The van der Waals surface area contributed by atoms with E-state index in [0.29, 0.717) is 12.5 Å². The molecular weight excluding hydrogens is 240 g/mol. The molecule has 2 atom stereocenters. The van der Waals surface area contributed by atoms with Gasteiger partial charge in [0.2, 0.25) is 5.91 Å². The Balaban J connectivity index is 2.34. The van der Waals surface area contributed by atoms with Gasteiger partial charge in [-0.25, -0.2) is 0 Å². The van der Waals surface area contributed by atoms with Crippen molar-refractivity contribution in [3.8, 4) is 0 Å². The molecule has 2 N–H and O–H groups in total. The molecule has 1 saturated heterocycles. The van der Waals surface area contributed by atoms with Crippen LogP contribution in [0.15, 0.2) is 0 Å². The number of carbonyl (C=O) groups is 1. The predicted molar refractivity (Wildman–Crippen MR) is 78.1 cm³/mol. The fraction of sp³-hybridized carbons (Fsp3) is 0.933. The molecule has 0 aromatic carbocycles. The molecule has 1 fully saturated rings. The molecule has 0 saturated carbocycles. The van der Waals surface area contributed by atoms with Crippen molar-refractivity contribution >= 4 is 5.91 Å². The molecule has 0 bridgehead atoms. The van der Waals surface area contributed by atoms with Gasteiger partial charge in [0.25, 0.3) is 0 Å². The summed E-state index contributed by atoms with van der Waals surface area (Å²) in [4.78, 5) is 12.2. The highest BCUT2D eigenvalue weighted by molar-refractivity contribution is 5.81. The number of hydrogen-bond donors (Lipinski definition) is 2. The quantitative estimate of drug-likeness (QED) is 0.743. The maximum absolute atomic E-state index is 12.2. The van der Waals surface area contributed by atoms with Crippen molar-refractivity contribution in [2.45, 2.75) is 52.5 Å². The maximum Gasteiger partial charge on any atom is 0.237 e. The molecule has 0 spiro atoms. The van der Waals surface area contributed by atoms with Gasteiger partial charge in [-0.05, 0) is 37.1 Å². The van der Waals surface area contributed by atoms with E-state index in [9.17, 15) is 4.79 Å². The fourth-order valence-corrected chi connectivity index (χ4v) is 2.48. The largest absolute Gasteiger partial charge is 0.385 e. The molecule has 19 heavy (non-hydrogen) atoms. The number of ether oxygens (including phenoxy) is 1. The zero-order valence-corrected chi connectivity index (χ0v) is 12.9. The van der Waals surface area contributed by atoms with Crippen LogP contribution in [0.5, 0.6) is 0 Å². The van der Waals surface area contributed by atoms with E-state index in [2.05, 4.69) is 31.4 Å². The van der Waals surface area contributed by atoms with Crippen LogP contribution in [-0.4, -0.2) is 38.8 Å². The smallest absolute Gasteiger partial charge is 0.237 e. The SMILES string of the molecule is CCC1CCNC(C(=O)NCC(C)(C)CCOC)C1. The van der Waals surface area contributed by atoms with Gasteiger partial charge in [-0.2, -0.15) is 0 Å². The van der Waals surface area contributed by atoms with Crippen LogP contribution in [0.3, 0.4) is 0 Å². The van der Waals surface area contributed by atoms with E-state index < -0.39 is 0 Å². The van der Waals surface area contributed by atoms with Crippen molar-refractivity contribution in [2.24, 2.45) is 11.3 Å². The molecule has 0 aliphatic carbocycles. The van der Waals surface area contributed by atoms with Gasteiger partial charge in [-0.15, -0.1) is 0 Å². The topological polar surface area (TPSA) is 50.4 Å². The first-order valence-electron chi connectivity index (χ1n) is 7.48. The second-order valence-corrected chi connectivity index (χ2v) is 6.43. The minimum Gasteiger partial charge on any atom is -0.385 e. The highest BCUT2D eigenvalue weighted by Crippen LogP contribution is 2.21. The van der Waals surface area contributed by atoms with Gasteiger partial charge in [0.1, 0.15) is 0 Å². The third-order valence-corrected chi connectivity index (χ3v) is 4.13. The summed E-state index contributed by atoms with van der Waals surface area (Å²) in [5.74, 6) is 0.849. The lowest BCUT2D eigenvalue weighted by molar-refractivity contribution is -0.124. The number of carbonyl (C=O) groups excluding carboxylic acids is 1. The molecule has 0 radical (unpaired) electrons. The maximum atomic E-state index is 12.2. The van der Waals surface area contributed by atoms with Crippen LogP contribution in [0, 0.1) is 11.3 Å². The molecule has 2 unspecified atom stereocenters. The van der Waals surface area contributed by atoms with Gasteiger partial charge in [0, 0.05) is 20.3 Å². The van der Waals surface area contributed by atoms with E-state index >= 15 is 0 Å². The summed E-state index contributed by atoms with van der Waals surface area (Å²) >= 11 is 0. The lowest BCUT2D eigenvalue weighted by Crippen LogP contribution is -2.50. The van der Waals surface area contributed by atoms with Gasteiger partial charge in [0.05, 0.1) is 6.04 Å². The lowest BCUT2D eigenvalue weighted by atomic mass is 9.88. The van der Waals surface area contributed by atoms with E-state index in [1.54, 1.807) is 7.11 Å². The Hall–Kier alpha value is -0.610. The van der Waals surface area contributed by atoms with Crippen LogP contribution in [0.4, 0.5) is 0 Å². The Morgan fingerprint density at radius 1 is 1.47 bits per heavy atom. The third-order valence-electron chi connectivity index (χ3n) is 4.13. The predicted octanol–water partition coefficient (Wildman–Crippen LogP) is 1.94. The van der Waals surface area contributed by atoms with Gasteiger partial charge < -0.3 is 15.4 Å². The summed E-state index contributed by atoms with van der Waals surface area (Å²) in [6, 6.07) is -0.00285. The molecule has 1 amide bonds. The van der Waals surface area contributed by atoms with Crippen molar-refractivity contribution in [2.75, 3.05) is 26.8 Å². The Kier molecular flexibility index (Phi) is 6.80. The summed E-state index contributed by atoms with van der Waals surface area (Å²) < 4.78 is 5.10.